The van der Waals surface area contributed by atoms with Crippen LogP contribution in [0.4, 0.5) is 11.4 Å². The Morgan fingerprint density at radius 1 is 1.21 bits per heavy atom. The number of aliphatic hydroxyl groups excluding tert-OH is 1. The molecule has 0 aliphatic heterocycles. The van der Waals surface area contributed by atoms with Gasteiger partial charge in [0.05, 0.1) is 21.3 Å². The maximum Gasteiger partial charge on any atom is 0.312 e. The van der Waals surface area contributed by atoms with Gasteiger partial charge in [-0.1, -0.05) is 18.2 Å². The molecule has 2 heterocycles. The summed E-state index contributed by atoms with van der Waals surface area (Å²) in [5.74, 6) is 0. The second kappa shape index (κ2) is 7.43. The summed E-state index contributed by atoms with van der Waals surface area (Å²) in [6, 6.07) is 9.30. The minimum Gasteiger partial charge on any atom is -0.393 e. The first kappa shape index (κ1) is 19.3. The molecule has 3 aromatic rings. The fraction of sp³-hybridized carbons (Fsp3) is 0.278. The van der Waals surface area contributed by atoms with Gasteiger partial charge in [-0.15, -0.1) is 0 Å². The second-order valence-electron chi connectivity index (χ2n) is 6.88. The lowest BCUT2D eigenvalue weighted by Gasteiger charge is -2.15. The second-order valence-corrected chi connectivity index (χ2v) is 8.69. The van der Waals surface area contributed by atoms with Crippen LogP contribution in [0.15, 0.2) is 53.7 Å². The van der Waals surface area contributed by atoms with Crippen molar-refractivity contribution in [2.45, 2.75) is 36.3 Å². The third kappa shape index (κ3) is 3.55. The molecule has 2 unspecified atom stereocenters. The van der Waals surface area contributed by atoms with Crippen LogP contribution in [-0.2, 0) is 10.0 Å². The fourth-order valence-electron chi connectivity index (χ4n) is 3.49. The largest absolute Gasteiger partial charge is 0.393 e. The zero-order valence-electron chi connectivity index (χ0n) is 15.2. The third-order valence-corrected chi connectivity index (χ3v) is 6.64. The van der Waals surface area contributed by atoms with E-state index in [2.05, 4.69) is 15.8 Å². The van der Waals surface area contributed by atoms with Crippen molar-refractivity contribution in [1.29, 1.82) is 0 Å². The van der Waals surface area contributed by atoms with E-state index in [0.29, 0.717) is 18.2 Å². The van der Waals surface area contributed by atoms with Crippen molar-refractivity contribution < 1.29 is 18.4 Å². The Labute approximate surface area is 166 Å². The van der Waals surface area contributed by atoms with Gasteiger partial charge in [-0.05, 0) is 37.5 Å². The number of nitrogens with zero attached hydrogens (tertiary/aromatic N) is 3. The SMILES string of the molecule is O=[N+]([O-])c1cnc2c(ccn2S(=O)(=O)c2ccccc2)c1NNC1CCC(O)C1. The lowest BCUT2D eigenvalue weighted by molar-refractivity contribution is -0.384. The number of anilines is 1. The number of benzene rings is 1. The molecule has 1 aromatic carbocycles. The van der Waals surface area contributed by atoms with E-state index in [9.17, 15) is 23.6 Å². The van der Waals surface area contributed by atoms with Crippen LogP contribution in [0.1, 0.15) is 19.3 Å². The molecule has 1 aliphatic carbocycles. The molecule has 1 saturated carbocycles. The Bertz CT molecular complexity index is 1160. The zero-order valence-corrected chi connectivity index (χ0v) is 16.0. The van der Waals surface area contributed by atoms with E-state index in [0.717, 1.165) is 16.6 Å². The van der Waals surface area contributed by atoms with Gasteiger partial charge in [-0.3, -0.25) is 10.1 Å². The van der Waals surface area contributed by atoms with Crippen LogP contribution in [-0.4, -0.2) is 39.5 Å². The molecule has 0 radical (unpaired) electrons. The molecule has 0 saturated heterocycles. The Hall–Kier alpha value is -3.02. The monoisotopic (exact) mass is 417 g/mol. The molecule has 0 bridgehead atoms. The Morgan fingerprint density at radius 2 is 1.97 bits per heavy atom. The highest BCUT2D eigenvalue weighted by Gasteiger charge is 2.27. The van der Waals surface area contributed by atoms with Gasteiger partial charge in [0.1, 0.15) is 11.9 Å². The average molecular weight is 417 g/mol. The summed E-state index contributed by atoms with van der Waals surface area (Å²) < 4.78 is 26.9. The number of aromatic nitrogens is 2. The molecule has 152 valence electrons. The normalized spacial score (nSPS) is 19.5. The van der Waals surface area contributed by atoms with Gasteiger partial charge in [-0.2, -0.15) is 0 Å². The molecule has 1 aliphatic rings. The minimum atomic E-state index is -3.91. The van der Waals surface area contributed by atoms with Crippen LogP contribution in [0.5, 0.6) is 0 Å². The molecule has 0 amide bonds. The summed E-state index contributed by atoms with van der Waals surface area (Å²) in [4.78, 5) is 15.0. The van der Waals surface area contributed by atoms with Crippen molar-refractivity contribution in [2.75, 3.05) is 5.43 Å². The van der Waals surface area contributed by atoms with Crippen molar-refractivity contribution in [3.05, 3.63) is 58.9 Å². The number of nitro groups is 1. The molecule has 29 heavy (non-hydrogen) atoms. The molecule has 1 fully saturated rings. The number of hydrogen-bond donors (Lipinski definition) is 3. The topological polar surface area (TPSA) is 139 Å². The smallest absolute Gasteiger partial charge is 0.312 e. The van der Waals surface area contributed by atoms with E-state index in [1.807, 2.05) is 0 Å². The van der Waals surface area contributed by atoms with Gasteiger partial charge in [0.15, 0.2) is 5.65 Å². The van der Waals surface area contributed by atoms with Crippen LogP contribution < -0.4 is 10.9 Å². The third-order valence-electron chi connectivity index (χ3n) is 4.96. The fourth-order valence-corrected chi connectivity index (χ4v) is 4.81. The molecule has 0 spiro atoms. The summed E-state index contributed by atoms with van der Waals surface area (Å²) in [6.07, 6.45) is 3.86. The van der Waals surface area contributed by atoms with E-state index in [1.54, 1.807) is 18.2 Å². The first-order chi connectivity index (χ1) is 13.9. The Balaban J connectivity index is 1.76. The molecular weight excluding hydrogens is 398 g/mol. The predicted octanol–water partition coefficient (Wildman–Crippen LogP) is 2.01. The Morgan fingerprint density at radius 3 is 2.62 bits per heavy atom. The number of fused-ring (bicyclic) bond motifs is 1. The first-order valence-electron chi connectivity index (χ1n) is 9.02. The van der Waals surface area contributed by atoms with E-state index >= 15 is 0 Å². The highest BCUT2D eigenvalue weighted by atomic mass is 32.2. The number of nitrogens with one attached hydrogen (secondary N) is 2. The molecule has 4 rings (SSSR count). The standard InChI is InChI=1S/C18H19N5O5S/c24-13-7-6-12(10-13)20-21-17-15-8-9-22(18(15)19-11-16(17)23(25)26)29(27,28)14-4-2-1-3-5-14/h1-5,8-9,11-13,20,24H,6-7,10H2,(H,19,21). The van der Waals surface area contributed by atoms with E-state index < -0.39 is 21.1 Å². The van der Waals surface area contributed by atoms with Crippen molar-refractivity contribution in [3.8, 4) is 0 Å². The summed E-state index contributed by atoms with van der Waals surface area (Å²) in [7, 11) is -3.91. The van der Waals surface area contributed by atoms with Crippen LogP contribution in [0.25, 0.3) is 11.0 Å². The molecule has 2 aromatic heterocycles. The summed E-state index contributed by atoms with van der Waals surface area (Å²) in [6.45, 7) is 0. The molecule has 10 nitrogen and oxygen atoms in total. The van der Waals surface area contributed by atoms with E-state index in [-0.39, 0.29) is 28.0 Å². The van der Waals surface area contributed by atoms with Crippen molar-refractivity contribution >= 4 is 32.4 Å². The zero-order chi connectivity index (χ0) is 20.6. The highest BCUT2D eigenvalue weighted by Crippen LogP contribution is 2.33. The van der Waals surface area contributed by atoms with Gasteiger partial charge in [0.25, 0.3) is 10.0 Å². The predicted molar refractivity (Wildman–Crippen MR) is 106 cm³/mol. The number of hydrogen-bond acceptors (Lipinski definition) is 8. The molecule has 3 N–H and O–H groups in total. The quantitative estimate of drug-likeness (QED) is 0.409. The lowest BCUT2D eigenvalue weighted by Crippen LogP contribution is -2.32. The van der Waals surface area contributed by atoms with Gasteiger partial charge >= 0.3 is 5.69 Å². The van der Waals surface area contributed by atoms with Gasteiger partial charge in [0.2, 0.25) is 0 Å². The first-order valence-corrected chi connectivity index (χ1v) is 10.5. The Kier molecular flexibility index (Phi) is 4.94. The van der Waals surface area contributed by atoms with Gasteiger partial charge in [0, 0.05) is 12.2 Å². The molecular formula is C18H19N5O5S. The maximum absolute atomic E-state index is 13.0. The van der Waals surface area contributed by atoms with Crippen LogP contribution in [0, 0.1) is 10.1 Å². The van der Waals surface area contributed by atoms with Crippen molar-refractivity contribution in [1.82, 2.24) is 14.4 Å². The van der Waals surface area contributed by atoms with Crippen LogP contribution in [0.2, 0.25) is 0 Å². The van der Waals surface area contributed by atoms with E-state index in [4.69, 9.17) is 0 Å². The van der Waals surface area contributed by atoms with Crippen molar-refractivity contribution in [3.63, 3.8) is 0 Å². The highest BCUT2D eigenvalue weighted by molar-refractivity contribution is 7.90. The van der Waals surface area contributed by atoms with Gasteiger partial charge in [-0.25, -0.2) is 22.8 Å². The summed E-state index contributed by atoms with van der Waals surface area (Å²) >= 11 is 0. The lowest BCUT2D eigenvalue weighted by atomic mass is 10.2. The van der Waals surface area contributed by atoms with Crippen LogP contribution in [0.3, 0.4) is 0 Å². The minimum absolute atomic E-state index is 0.0528. The average Bonchev–Trinajstić information content (AvgIpc) is 3.33. The number of pyridine rings is 1. The number of rotatable bonds is 6. The van der Waals surface area contributed by atoms with Gasteiger partial charge < -0.3 is 10.5 Å². The van der Waals surface area contributed by atoms with Crippen molar-refractivity contribution in [2.24, 2.45) is 0 Å². The summed E-state index contributed by atoms with van der Waals surface area (Å²) in [5.41, 5.74) is 5.78. The molecule has 2 atom stereocenters. The number of aliphatic hydroxyl groups is 1. The number of hydrazine groups is 1. The van der Waals surface area contributed by atoms with Crippen LogP contribution >= 0.6 is 0 Å². The van der Waals surface area contributed by atoms with E-state index in [1.165, 1.54) is 24.4 Å². The maximum atomic E-state index is 13.0. The summed E-state index contributed by atoms with van der Waals surface area (Å²) in [5, 5.41) is 21.4. The molecule has 11 heteroatoms.